The lowest BCUT2D eigenvalue weighted by molar-refractivity contribution is 0.586. The molecule has 0 bridgehead atoms. The molecule has 1 aromatic heterocycles. The second-order valence-electron chi connectivity index (χ2n) is 7.94. The van der Waals surface area contributed by atoms with Gasteiger partial charge in [0.2, 0.25) is 0 Å². The van der Waals surface area contributed by atoms with Gasteiger partial charge in [0.1, 0.15) is 0 Å². The van der Waals surface area contributed by atoms with E-state index in [9.17, 15) is 18.0 Å². The summed E-state index contributed by atoms with van der Waals surface area (Å²) in [6, 6.07) is 16.9. The highest BCUT2D eigenvalue weighted by Crippen LogP contribution is 2.35. The summed E-state index contributed by atoms with van der Waals surface area (Å²) in [5, 5.41) is 0.402. The number of para-hydroxylation sites is 2. The molecule has 0 fully saturated rings. The van der Waals surface area contributed by atoms with E-state index < -0.39 is 21.3 Å². The highest BCUT2D eigenvalue weighted by Gasteiger charge is 2.31. The van der Waals surface area contributed by atoms with Gasteiger partial charge in [-0.2, -0.15) is 0 Å². The summed E-state index contributed by atoms with van der Waals surface area (Å²) >= 11 is 6.43. The van der Waals surface area contributed by atoms with E-state index in [2.05, 4.69) is 4.98 Å². The Hall–Kier alpha value is -3.36. The first-order valence-corrected chi connectivity index (χ1v) is 12.3. The fourth-order valence-electron chi connectivity index (χ4n) is 4.44. The smallest absolute Gasteiger partial charge is 0.306 e. The monoisotopic (exact) mass is 481 g/mol. The number of halogens is 1. The van der Waals surface area contributed by atoms with Crippen LogP contribution in [-0.4, -0.2) is 24.5 Å². The van der Waals surface area contributed by atoms with E-state index in [-0.39, 0.29) is 21.2 Å². The van der Waals surface area contributed by atoms with Crippen molar-refractivity contribution in [2.24, 2.45) is 0 Å². The zero-order valence-corrected chi connectivity index (χ0v) is 19.3. The molecule has 0 unspecified atom stereocenters. The molecule has 1 aliphatic heterocycles. The number of aromatic nitrogens is 2. The number of benzene rings is 3. The van der Waals surface area contributed by atoms with Crippen LogP contribution in [0.1, 0.15) is 17.5 Å². The number of rotatable bonds is 3. The van der Waals surface area contributed by atoms with Crippen LogP contribution in [0.2, 0.25) is 5.02 Å². The van der Waals surface area contributed by atoms with Crippen molar-refractivity contribution in [2.75, 3.05) is 10.8 Å². The number of anilines is 1. The molecule has 1 N–H and O–H groups in total. The number of aromatic amines is 1. The van der Waals surface area contributed by atoms with Crippen LogP contribution >= 0.6 is 11.6 Å². The van der Waals surface area contributed by atoms with E-state index >= 15 is 0 Å². The fraction of sp³-hybridized carbons (Fsp3) is 0.167. The molecule has 1 aliphatic rings. The van der Waals surface area contributed by atoms with Gasteiger partial charge in [0, 0.05) is 6.54 Å². The molecule has 0 saturated carbocycles. The molecule has 9 heteroatoms. The third-order valence-electron chi connectivity index (χ3n) is 6.00. The van der Waals surface area contributed by atoms with Gasteiger partial charge < -0.3 is 4.98 Å². The van der Waals surface area contributed by atoms with E-state index in [1.165, 1.54) is 16.4 Å². The number of nitrogens with one attached hydrogen (secondary N) is 1. The first-order valence-electron chi connectivity index (χ1n) is 10.4. The van der Waals surface area contributed by atoms with Crippen LogP contribution in [0.15, 0.2) is 75.1 Å². The molecule has 2 heterocycles. The van der Waals surface area contributed by atoms with E-state index in [1.807, 2.05) is 12.1 Å². The maximum atomic E-state index is 13.8. The topological polar surface area (TPSA) is 92.2 Å². The van der Waals surface area contributed by atoms with E-state index in [1.54, 1.807) is 43.3 Å². The van der Waals surface area contributed by atoms with Crippen molar-refractivity contribution in [2.45, 2.75) is 24.7 Å². The summed E-state index contributed by atoms with van der Waals surface area (Å²) in [6.45, 7) is 1.90. The zero-order chi connectivity index (χ0) is 23.3. The van der Waals surface area contributed by atoms with Crippen LogP contribution < -0.4 is 15.6 Å². The van der Waals surface area contributed by atoms with Crippen LogP contribution in [0.25, 0.3) is 16.6 Å². The second-order valence-corrected chi connectivity index (χ2v) is 10.2. The van der Waals surface area contributed by atoms with Gasteiger partial charge in [-0.25, -0.2) is 17.8 Å². The van der Waals surface area contributed by atoms with Gasteiger partial charge in [0.15, 0.2) is 0 Å². The standard InChI is InChI=1S/C24H20ClN3O4S/c1-15-21(33(31,32)27-14-6-8-16-7-2-5-11-20(16)27)13-12-18(25)22(15)28-23(29)17-9-3-4-10-19(17)26-24(28)30/h2-5,7,9-13H,6,8,14H2,1H3,(H,26,30). The van der Waals surface area contributed by atoms with Gasteiger partial charge in [0.05, 0.1) is 32.2 Å². The SMILES string of the molecule is Cc1c(S(=O)(=O)N2CCCc3ccccc32)ccc(Cl)c1-n1c(=O)[nH]c2ccccc2c1=O. The molecule has 33 heavy (non-hydrogen) atoms. The van der Waals surface area contributed by atoms with Crippen molar-refractivity contribution < 1.29 is 8.42 Å². The first-order chi connectivity index (χ1) is 15.8. The van der Waals surface area contributed by atoms with Crippen molar-refractivity contribution >= 4 is 38.2 Å². The summed E-state index contributed by atoms with van der Waals surface area (Å²) in [7, 11) is -3.97. The van der Waals surface area contributed by atoms with E-state index in [4.69, 9.17) is 11.6 Å². The minimum atomic E-state index is -3.97. The fourth-order valence-corrected chi connectivity index (χ4v) is 6.49. The predicted molar refractivity (Wildman–Crippen MR) is 129 cm³/mol. The lowest BCUT2D eigenvalue weighted by atomic mass is 10.0. The van der Waals surface area contributed by atoms with Gasteiger partial charge in [0.25, 0.3) is 15.6 Å². The van der Waals surface area contributed by atoms with Gasteiger partial charge >= 0.3 is 5.69 Å². The summed E-state index contributed by atoms with van der Waals surface area (Å²) < 4.78 is 29.8. The molecule has 7 nitrogen and oxygen atoms in total. The molecule has 0 aliphatic carbocycles. The van der Waals surface area contributed by atoms with Crippen LogP contribution in [0.5, 0.6) is 0 Å². The number of aryl methyl sites for hydroxylation is 1. The average molecular weight is 482 g/mol. The Morgan fingerprint density at radius 2 is 1.70 bits per heavy atom. The number of H-pyrrole nitrogens is 1. The Kier molecular flexibility index (Phi) is 5.14. The molecule has 0 saturated heterocycles. The highest BCUT2D eigenvalue weighted by atomic mass is 35.5. The summed E-state index contributed by atoms with van der Waals surface area (Å²) in [4.78, 5) is 28.8. The van der Waals surface area contributed by atoms with Gasteiger partial charge in [-0.1, -0.05) is 41.9 Å². The van der Waals surface area contributed by atoms with Crippen LogP contribution in [0, 0.1) is 6.92 Å². The summed E-state index contributed by atoms with van der Waals surface area (Å²) in [5.41, 5.74) is 1.01. The van der Waals surface area contributed by atoms with Crippen molar-refractivity contribution in [1.82, 2.24) is 9.55 Å². The van der Waals surface area contributed by atoms with Crippen LogP contribution in [0.3, 0.4) is 0 Å². The first kappa shape index (κ1) is 21.5. The lowest BCUT2D eigenvalue weighted by Gasteiger charge is -2.31. The van der Waals surface area contributed by atoms with E-state index in [0.29, 0.717) is 29.6 Å². The summed E-state index contributed by atoms with van der Waals surface area (Å²) in [6.07, 6.45) is 1.49. The van der Waals surface area contributed by atoms with Crippen LogP contribution in [-0.2, 0) is 16.4 Å². The van der Waals surface area contributed by atoms with Gasteiger partial charge in [-0.15, -0.1) is 0 Å². The summed E-state index contributed by atoms with van der Waals surface area (Å²) in [5.74, 6) is 0. The Labute approximate surface area is 194 Å². The second kappa shape index (κ2) is 7.90. The molecule has 0 spiro atoms. The largest absolute Gasteiger partial charge is 0.333 e. The molecule has 0 amide bonds. The number of sulfonamides is 1. The highest BCUT2D eigenvalue weighted by molar-refractivity contribution is 7.92. The molecule has 5 rings (SSSR count). The molecule has 0 radical (unpaired) electrons. The van der Waals surface area contributed by atoms with E-state index in [0.717, 1.165) is 16.6 Å². The Balaban J connectivity index is 1.75. The maximum Gasteiger partial charge on any atom is 0.333 e. The average Bonchev–Trinajstić information content (AvgIpc) is 2.80. The maximum absolute atomic E-state index is 13.8. The molecule has 3 aromatic carbocycles. The number of nitrogens with zero attached hydrogens (tertiary/aromatic N) is 2. The van der Waals surface area contributed by atoms with Crippen molar-refractivity contribution in [1.29, 1.82) is 0 Å². The van der Waals surface area contributed by atoms with Gasteiger partial charge in [-0.05, 0) is 61.2 Å². The normalized spacial score (nSPS) is 13.8. The zero-order valence-electron chi connectivity index (χ0n) is 17.7. The number of fused-ring (bicyclic) bond motifs is 2. The molecular weight excluding hydrogens is 462 g/mol. The van der Waals surface area contributed by atoms with Crippen LogP contribution in [0.4, 0.5) is 5.69 Å². The molecule has 0 atom stereocenters. The quantitative estimate of drug-likeness (QED) is 0.482. The molecule has 168 valence electrons. The van der Waals surface area contributed by atoms with Crippen molar-refractivity contribution in [3.05, 3.63) is 97.7 Å². The number of hydrogen-bond donors (Lipinski definition) is 1. The van der Waals surface area contributed by atoms with Crippen molar-refractivity contribution in [3.63, 3.8) is 0 Å². The minimum absolute atomic E-state index is 0.00179. The Morgan fingerprint density at radius 1 is 0.970 bits per heavy atom. The number of hydrogen-bond acceptors (Lipinski definition) is 4. The Morgan fingerprint density at radius 3 is 2.52 bits per heavy atom. The Bertz CT molecular complexity index is 1640. The molecular formula is C24H20ClN3O4S. The minimum Gasteiger partial charge on any atom is -0.306 e. The molecule has 4 aromatic rings. The predicted octanol–water partition coefficient (Wildman–Crippen LogP) is 3.78. The third kappa shape index (κ3) is 3.37. The van der Waals surface area contributed by atoms with Crippen molar-refractivity contribution in [3.8, 4) is 5.69 Å². The lowest BCUT2D eigenvalue weighted by Crippen LogP contribution is -2.37. The third-order valence-corrected chi connectivity index (χ3v) is 8.26. The van der Waals surface area contributed by atoms with Gasteiger partial charge in [-0.3, -0.25) is 9.10 Å².